The van der Waals surface area contributed by atoms with Gasteiger partial charge in [-0.15, -0.1) is 12.4 Å². The normalized spacial score (nSPS) is 17.9. The van der Waals surface area contributed by atoms with Crippen LogP contribution in [0.3, 0.4) is 0 Å². The van der Waals surface area contributed by atoms with Crippen molar-refractivity contribution in [3.8, 4) is 5.75 Å². The van der Waals surface area contributed by atoms with Crippen molar-refractivity contribution in [3.05, 3.63) is 29.8 Å². The van der Waals surface area contributed by atoms with Gasteiger partial charge in [0.1, 0.15) is 5.75 Å². The number of piperazine rings is 1. The van der Waals surface area contributed by atoms with Crippen LogP contribution in [-0.2, 0) is 0 Å². The Hall–Kier alpha value is -0.980. The second kappa shape index (κ2) is 7.87. The Morgan fingerprint density at radius 1 is 1.24 bits per heavy atom. The molecule has 1 saturated heterocycles. The van der Waals surface area contributed by atoms with Gasteiger partial charge in [0.25, 0.3) is 0 Å². The summed E-state index contributed by atoms with van der Waals surface area (Å²) in [5.41, 5.74) is 0.606. The van der Waals surface area contributed by atoms with Gasteiger partial charge in [0.2, 0.25) is 0 Å². The molecule has 1 aliphatic heterocycles. The Balaban J connectivity index is 0.00000220. The van der Waals surface area contributed by atoms with Gasteiger partial charge in [-0.3, -0.25) is 4.90 Å². The van der Waals surface area contributed by atoms with Gasteiger partial charge in [0.15, 0.2) is 0 Å². The van der Waals surface area contributed by atoms with E-state index < -0.39 is 18.6 Å². The molecule has 0 radical (unpaired) electrons. The monoisotopic (exact) mass is 324 g/mol. The number of nitrogens with one attached hydrogen (secondary N) is 1. The van der Waals surface area contributed by atoms with Gasteiger partial charge in [-0.1, -0.05) is 18.2 Å². The van der Waals surface area contributed by atoms with Gasteiger partial charge in [-0.2, -0.15) is 13.2 Å². The molecule has 1 atom stereocenters. The number of halogens is 4. The zero-order valence-corrected chi connectivity index (χ0v) is 12.6. The Morgan fingerprint density at radius 2 is 1.86 bits per heavy atom. The molecular weight excluding hydrogens is 305 g/mol. The molecule has 0 amide bonds. The third kappa shape index (κ3) is 5.05. The molecule has 3 nitrogen and oxygen atoms in total. The Kier molecular flexibility index (Phi) is 6.77. The van der Waals surface area contributed by atoms with Crippen LogP contribution in [0.25, 0.3) is 0 Å². The maximum absolute atomic E-state index is 12.9. The molecule has 1 aromatic carbocycles. The second-order valence-electron chi connectivity index (χ2n) is 4.86. The number of hydrogen-bond acceptors (Lipinski definition) is 3. The lowest BCUT2D eigenvalue weighted by molar-refractivity contribution is -0.148. The first-order valence-corrected chi connectivity index (χ1v) is 6.65. The second-order valence-corrected chi connectivity index (χ2v) is 4.86. The number of hydrogen-bond donors (Lipinski definition) is 1. The van der Waals surface area contributed by atoms with Crippen LogP contribution in [0.5, 0.6) is 5.75 Å². The van der Waals surface area contributed by atoms with Gasteiger partial charge < -0.3 is 10.1 Å². The lowest BCUT2D eigenvalue weighted by atomic mass is 9.99. The first-order chi connectivity index (χ1) is 9.51. The van der Waals surface area contributed by atoms with Crippen molar-refractivity contribution in [2.24, 2.45) is 0 Å². The molecule has 0 saturated carbocycles. The maximum atomic E-state index is 12.9. The Morgan fingerprint density at radius 3 is 2.43 bits per heavy atom. The first kappa shape index (κ1) is 18.1. The molecule has 7 heteroatoms. The average Bonchev–Trinajstić information content (AvgIpc) is 2.45. The van der Waals surface area contributed by atoms with Crippen LogP contribution in [0, 0.1) is 0 Å². The minimum atomic E-state index is -4.20. The SMILES string of the molecule is COc1ccccc1[C@@H](CC(F)(F)F)N1CCNCC1.Cl. The largest absolute Gasteiger partial charge is 0.496 e. The number of para-hydroxylation sites is 1. The van der Waals surface area contributed by atoms with Crippen molar-refractivity contribution >= 4 is 12.4 Å². The molecule has 1 aliphatic rings. The topological polar surface area (TPSA) is 24.5 Å². The lowest BCUT2D eigenvalue weighted by Crippen LogP contribution is -2.46. The van der Waals surface area contributed by atoms with Crippen LogP contribution < -0.4 is 10.1 Å². The molecule has 1 fully saturated rings. The van der Waals surface area contributed by atoms with Gasteiger partial charge >= 0.3 is 6.18 Å². The number of alkyl halides is 3. The zero-order valence-electron chi connectivity index (χ0n) is 11.8. The van der Waals surface area contributed by atoms with Crippen LogP contribution >= 0.6 is 12.4 Å². The van der Waals surface area contributed by atoms with Gasteiger partial charge in [-0.05, 0) is 6.07 Å². The molecule has 1 heterocycles. The summed E-state index contributed by atoms with van der Waals surface area (Å²) < 4.78 is 43.9. The van der Waals surface area contributed by atoms with Crippen LogP contribution in [0.4, 0.5) is 13.2 Å². The molecule has 0 bridgehead atoms. The highest BCUT2D eigenvalue weighted by Gasteiger charge is 2.37. The number of nitrogens with zero attached hydrogens (tertiary/aromatic N) is 1. The van der Waals surface area contributed by atoms with E-state index in [1.165, 1.54) is 7.11 Å². The molecule has 0 aliphatic carbocycles. The van der Waals surface area contributed by atoms with E-state index >= 15 is 0 Å². The summed E-state index contributed by atoms with van der Waals surface area (Å²) in [7, 11) is 1.49. The number of ether oxygens (including phenoxy) is 1. The summed E-state index contributed by atoms with van der Waals surface area (Å²) in [6.07, 6.45) is -5.05. The van der Waals surface area contributed by atoms with E-state index in [1.54, 1.807) is 24.3 Å². The summed E-state index contributed by atoms with van der Waals surface area (Å²) in [6.45, 7) is 2.64. The van der Waals surface area contributed by atoms with Crippen molar-refractivity contribution in [1.29, 1.82) is 0 Å². The van der Waals surface area contributed by atoms with E-state index in [0.717, 1.165) is 0 Å². The fourth-order valence-electron chi connectivity index (χ4n) is 2.59. The van der Waals surface area contributed by atoms with Gasteiger partial charge in [0.05, 0.1) is 13.5 Å². The summed E-state index contributed by atoms with van der Waals surface area (Å²) in [6, 6.07) is 6.26. The standard InChI is InChI=1S/C14H19F3N2O.ClH/c1-20-13-5-3-2-4-11(13)12(10-14(15,16)17)19-8-6-18-7-9-19;/h2-5,12,18H,6-10H2,1H3;1H/t12-;/m1./s1. The van der Waals surface area contributed by atoms with E-state index in [0.29, 0.717) is 37.5 Å². The van der Waals surface area contributed by atoms with E-state index in [9.17, 15) is 13.2 Å². The zero-order chi connectivity index (χ0) is 14.6. The predicted molar refractivity (Wildman–Crippen MR) is 78.1 cm³/mol. The molecule has 0 aromatic heterocycles. The third-order valence-electron chi connectivity index (χ3n) is 3.52. The van der Waals surface area contributed by atoms with Crippen molar-refractivity contribution in [2.45, 2.75) is 18.6 Å². The lowest BCUT2D eigenvalue weighted by Gasteiger charge is -2.36. The summed E-state index contributed by atoms with van der Waals surface area (Å²) >= 11 is 0. The predicted octanol–water partition coefficient (Wildman–Crippen LogP) is 3.02. The highest BCUT2D eigenvalue weighted by molar-refractivity contribution is 5.85. The fraction of sp³-hybridized carbons (Fsp3) is 0.571. The summed E-state index contributed by atoms with van der Waals surface area (Å²) in [5, 5.41) is 3.16. The highest BCUT2D eigenvalue weighted by Crippen LogP contribution is 2.37. The first-order valence-electron chi connectivity index (χ1n) is 6.65. The van der Waals surface area contributed by atoms with Gasteiger partial charge in [0, 0.05) is 37.8 Å². The molecule has 1 N–H and O–H groups in total. The molecule has 0 unspecified atom stereocenters. The van der Waals surface area contributed by atoms with Crippen molar-refractivity contribution in [3.63, 3.8) is 0 Å². The summed E-state index contributed by atoms with van der Waals surface area (Å²) in [5.74, 6) is 0.514. The number of rotatable bonds is 4. The van der Waals surface area contributed by atoms with E-state index in [-0.39, 0.29) is 12.4 Å². The number of benzene rings is 1. The van der Waals surface area contributed by atoms with E-state index in [4.69, 9.17) is 4.74 Å². The van der Waals surface area contributed by atoms with Crippen molar-refractivity contribution in [1.82, 2.24) is 10.2 Å². The van der Waals surface area contributed by atoms with Crippen LogP contribution in [0.15, 0.2) is 24.3 Å². The van der Waals surface area contributed by atoms with Gasteiger partial charge in [-0.25, -0.2) is 0 Å². The third-order valence-corrected chi connectivity index (χ3v) is 3.52. The fourth-order valence-corrected chi connectivity index (χ4v) is 2.59. The molecule has 2 rings (SSSR count). The number of methoxy groups -OCH3 is 1. The molecule has 0 spiro atoms. The quantitative estimate of drug-likeness (QED) is 0.921. The van der Waals surface area contributed by atoms with Crippen LogP contribution in [-0.4, -0.2) is 44.4 Å². The maximum Gasteiger partial charge on any atom is 0.390 e. The molecule has 120 valence electrons. The molecule has 1 aromatic rings. The van der Waals surface area contributed by atoms with E-state index in [1.807, 2.05) is 4.90 Å². The Bertz CT molecular complexity index is 436. The van der Waals surface area contributed by atoms with Crippen molar-refractivity contribution in [2.75, 3.05) is 33.3 Å². The molecular formula is C14H20ClF3N2O. The minimum absolute atomic E-state index is 0. The van der Waals surface area contributed by atoms with Crippen molar-refractivity contribution < 1.29 is 17.9 Å². The summed E-state index contributed by atoms with van der Waals surface area (Å²) in [4.78, 5) is 1.88. The van der Waals surface area contributed by atoms with Crippen LogP contribution in [0.1, 0.15) is 18.0 Å². The average molecular weight is 325 g/mol. The minimum Gasteiger partial charge on any atom is -0.496 e. The van der Waals surface area contributed by atoms with E-state index in [2.05, 4.69) is 5.32 Å². The smallest absolute Gasteiger partial charge is 0.390 e. The molecule has 21 heavy (non-hydrogen) atoms. The van der Waals surface area contributed by atoms with Crippen LogP contribution in [0.2, 0.25) is 0 Å². The Labute approximate surface area is 128 Å². The highest BCUT2D eigenvalue weighted by atomic mass is 35.5.